The Kier molecular flexibility index (Phi) is 2.04. The van der Waals surface area contributed by atoms with Crippen LogP contribution < -0.4 is 5.32 Å². The average Bonchev–Trinajstić information content (AvgIpc) is 1.96. The lowest BCUT2D eigenvalue weighted by Gasteiger charge is -2.00. The van der Waals surface area contributed by atoms with Crippen molar-refractivity contribution >= 4 is 11.7 Å². The van der Waals surface area contributed by atoms with Gasteiger partial charge in [0.15, 0.2) is 0 Å². The summed E-state index contributed by atoms with van der Waals surface area (Å²) in [6.45, 7) is 2.31. The highest BCUT2D eigenvalue weighted by molar-refractivity contribution is 5.89. The quantitative estimate of drug-likeness (QED) is 0.520. The molecule has 1 aliphatic rings. The van der Waals surface area contributed by atoms with Crippen molar-refractivity contribution in [3.63, 3.8) is 0 Å². The average molecular weight is 141 g/mol. The van der Waals surface area contributed by atoms with Crippen LogP contribution >= 0.6 is 0 Å². The zero-order valence-electron chi connectivity index (χ0n) is 6.02. The summed E-state index contributed by atoms with van der Waals surface area (Å²) < 4.78 is 0. The number of Topliss-reactive ketones (excluding diaryl/α,β-unsaturated/α-hetero) is 1. The minimum atomic E-state index is -0.0810. The molecule has 1 rings (SSSR count). The maximum Gasteiger partial charge on any atom is 0.220 e. The SMILES string of the molecule is CC1CC(=O)NCCC1=O. The molecule has 1 amide bonds. The summed E-state index contributed by atoms with van der Waals surface area (Å²) in [4.78, 5) is 21.7. The van der Waals surface area contributed by atoms with Crippen molar-refractivity contribution in [2.45, 2.75) is 19.8 Å². The Morgan fingerprint density at radius 2 is 2.20 bits per heavy atom. The molecular weight excluding hydrogens is 130 g/mol. The summed E-state index contributed by atoms with van der Waals surface area (Å²) in [5, 5.41) is 2.65. The van der Waals surface area contributed by atoms with E-state index in [1.807, 2.05) is 0 Å². The number of ketones is 1. The maximum absolute atomic E-state index is 11.0. The van der Waals surface area contributed by atoms with E-state index in [1.165, 1.54) is 0 Å². The van der Waals surface area contributed by atoms with Crippen molar-refractivity contribution in [2.75, 3.05) is 6.54 Å². The molecule has 0 radical (unpaired) electrons. The van der Waals surface area contributed by atoms with E-state index < -0.39 is 0 Å². The number of carbonyl (C=O) groups is 2. The predicted octanol–water partition coefficient (Wildman–Crippen LogP) is 0.102. The Morgan fingerprint density at radius 3 is 2.90 bits per heavy atom. The Morgan fingerprint density at radius 1 is 1.50 bits per heavy atom. The molecule has 1 heterocycles. The van der Waals surface area contributed by atoms with Crippen LogP contribution in [0.2, 0.25) is 0 Å². The molecule has 0 saturated carbocycles. The summed E-state index contributed by atoms with van der Waals surface area (Å²) in [5.41, 5.74) is 0. The van der Waals surface area contributed by atoms with Crippen LogP contribution in [0.25, 0.3) is 0 Å². The summed E-state index contributed by atoms with van der Waals surface area (Å²) in [6.07, 6.45) is 0.853. The summed E-state index contributed by atoms with van der Waals surface area (Å²) in [5.74, 6) is 0.110. The standard InChI is InChI=1S/C7H11NO2/c1-5-4-7(10)8-3-2-6(5)9/h5H,2-4H2,1H3,(H,8,10). The highest BCUT2D eigenvalue weighted by Crippen LogP contribution is 2.08. The second-order valence-electron chi connectivity index (χ2n) is 2.67. The number of amides is 1. The first-order chi connectivity index (χ1) is 4.70. The second kappa shape index (κ2) is 2.82. The highest BCUT2D eigenvalue weighted by atomic mass is 16.2. The van der Waals surface area contributed by atoms with E-state index in [9.17, 15) is 9.59 Å². The van der Waals surface area contributed by atoms with E-state index in [2.05, 4.69) is 5.32 Å². The van der Waals surface area contributed by atoms with Crippen molar-refractivity contribution in [3.05, 3.63) is 0 Å². The minimum Gasteiger partial charge on any atom is -0.356 e. The molecule has 3 heteroatoms. The van der Waals surface area contributed by atoms with Gasteiger partial charge in [-0.15, -0.1) is 0 Å². The van der Waals surface area contributed by atoms with Crippen molar-refractivity contribution in [1.82, 2.24) is 5.32 Å². The van der Waals surface area contributed by atoms with E-state index in [-0.39, 0.29) is 17.6 Å². The maximum atomic E-state index is 11.0. The third kappa shape index (κ3) is 1.56. The van der Waals surface area contributed by atoms with E-state index in [1.54, 1.807) is 6.92 Å². The minimum absolute atomic E-state index is 0.00153. The number of nitrogens with one attached hydrogen (secondary N) is 1. The van der Waals surface area contributed by atoms with Gasteiger partial charge in [-0.3, -0.25) is 9.59 Å². The zero-order valence-corrected chi connectivity index (χ0v) is 6.02. The van der Waals surface area contributed by atoms with Crippen LogP contribution in [0.5, 0.6) is 0 Å². The molecule has 1 atom stereocenters. The number of hydrogen-bond donors (Lipinski definition) is 1. The lowest BCUT2D eigenvalue weighted by atomic mass is 10.0. The Hall–Kier alpha value is -0.860. The van der Waals surface area contributed by atoms with E-state index in [0.29, 0.717) is 19.4 Å². The van der Waals surface area contributed by atoms with Gasteiger partial charge in [-0.05, 0) is 0 Å². The molecule has 0 bridgehead atoms. The zero-order chi connectivity index (χ0) is 7.56. The van der Waals surface area contributed by atoms with Gasteiger partial charge in [-0.25, -0.2) is 0 Å². The van der Waals surface area contributed by atoms with Gasteiger partial charge in [0.2, 0.25) is 5.91 Å². The van der Waals surface area contributed by atoms with Crippen molar-refractivity contribution < 1.29 is 9.59 Å². The molecule has 0 aromatic heterocycles. The topological polar surface area (TPSA) is 46.2 Å². The van der Waals surface area contributed by atoms with Crippen LogP contribution in [-0.4, -0.2) is 18.2 Å². The van der Waals surface area contributed by atoms with Crippen LogP contribution in [0, 0.1) is 5.92 Å². The molecule has 0 aromatic rings. The van der Waals surface area contributed by atoms with Crippen LogP contribution in [0.3, 0.4) is 0 Å². The number of rotatable bonds is 0. The Balaban J connectivity index is 2.57. The first-order valence-corrected chi connectivity index (χ1v) is 3.49. The fraction of sp³-hybridized carbons (Fsp3) is 0.714. The highest BCUT2D eigenvalue weighted by Gasteiger charge is 2.19. The van der Waals surface area contributed by atoms with E-state index in [0.717, 1.165) is 0 Å². The molecule has 1 N–H and O–H groups in total. The number of carbonyl (C=O) groups excluding carboxylic acids is 2. The van der Waals surface area contributed by atoms with Crippen molar-refractivity contribution in [2.24, 2.45) is 5.92 Å². The molecule has 3 nitrogen and oxygen atoms in total. The van der Waals surface area contributed by atoms with Gasteiger partial charge in [0.25, 0.3) is 0 Å². The summed E-state index contributed by atoms with van der Waals surface area (Å²) in [6, 6.07) is 0. The largest absolute Gasteiger partial charge is 0.356 e. The van der Waals surface area contributed by atoms with Crippen LogP contribution in [0.4, 0.5) is 0 Å². The fourth-order valence-corrected chi connectivity index (χ4v) is 1.04. The fourth-order valence-electron chi connectivity index (χ4n) is 1.04. The second-order valence-corrected chi connectivity index (χ2v) is 2.67. The first kappa shape index (κ1) is 7.25. The third-order valence-corrected chi connectivity index (χ3v) is 1.73. The van der Waals surface area contributed by atoms with E-state index >= 15 is 0 Å². The van der Waals surface area contributed by atoms with Crippen molar-refractivity contribution in [1.29, 1.82) is 0 Å². The molecule has 1 fully saturated rings. The molecule has 0 spiro atoms. The molecule has 10 heavy (non-hydrogen) atoms. The van der Waals surface area contributed by atoms with Gasteiger partial charge in [0.1, 0.15) is 5.78 Å². The van der Waals surface area contributed by atoms with Gasteiger partial charge in [0, 0.05) is 25.3 Å². The predicted molar refractivity (Wildman–Crippen MR) is 36.4 cm³/mol. The lowest BCUT2D eigenvalue weighted by Crippen LogP contribution is -2.21. The molecule has 1 unspecified atom stereocenters. The van der Waals surface area contributed by atoms with Crippen LogP contribution in [0.1, 0.15) is 19.8 Å². The van der Waals surface area contributed by atoms with Crippen molar-refractivity contribution in [3.8, 4) is 0 Å². The summed E-state index contributed by atoms with van der Waals surface area (Å²) >= 11 is 0. The van der Waals surface area contributed by atoms with Crippen LogP contribution in [0.15, 0.2) is 0 Å². The molecule has 1 aliphatic heterocycles. The van der Waals surface area contributed by atoms with Crippen LogP contribution in [-0.2, 0) is 9.59 Å². The molecule has 56 valence electrons. The summed E-state index contributed by atoms with van der Waals surface area (Å²) in [7, 11) is 0. The third-order valence-electron chi connectivity index (χ3n) is 1.73. The normalized spacial score (nSPS) is 27.5. The number of hydrogen-bond acceptors (Lipinski definition) is 2. The van der Waals surface area contributed by atoms with Gasteiger partial charge in [0.05, 0.1) is 0 Å². The molecular formula is C7H11NO2. The monoisotopic (exact) mass is 141 g/mol. The lowest BCUT2D eigenvalue weighted by molar-refractivity contribution is -0.126. The van der Waals surface area contributed by atoms with E-state index in [4.69, 9.17) is 0 Å². The first-order valence-electron chi connectivity index (χ1n) is 3.49. The van der Waals surface area contributed by atoms with Gasteiger partial charge in [-0.1, -0.05) is 6.92 Å². The van der Waals surface area contributed by atoms with Gasteiger partial charge in [-0.2, -0.15) is 0 Å². The Labute approximate surface area is 59.8 Å². The Bertz CT molecular complexity index is 165. The molecule has 1 saturated heterocycles. The molecule has 0 aliphatic carbocycles. The molecule has 0 aromatic carbocycles. The van der Waals surface area contributed by atoms with Gasteiger partial charge < -0.3 is 5.32 Å². The smallest absolute Gasteiger partial charge is 0.220 e. The van der Waals surface area contributed by atoms with Gasteiger partial charge >= 0.3 is 0 Å².